The molecule has 1 N–H and O–H groups in total. The van der Waals surface area contributed by atoms with Crippen LogP contribution in [0.5, 0.6) is 11.5 Å². The van der Waals surface area contributed by atoms with E-state index in [0.29, 0.717) is 30.4 Å². The molecule has 4 rings (SSSR count). The van der Waals surface area contributed by atoms with Gasteiger partial charge in [-0.15, -0.1) is 0 Å². The van der Waals surface area contributed by atoms with Gasteiger partial charge < -0.3 is 19.5 Å². The minimum absolute atomic E-state index is 0.173. The van der Waals surface area contributed by atoms with Crippen molar-refractivity contribution in [2.24, 2.45) is 0 Å². The van der Waals surface area contributed by atoms with Gasteiger partial charge in [-0.05, 0) is 42.8 Å². The molecular weight excluding hydrogens is 398 g/mol. The van der Waals surface area contributed by atoms with Crippen molar-refractivity contribution in [1.82, 2.24) is 9.78 Å². The van der Waals surface area contributed by atoms with E-state index in [-0.39, 0.29) is 18.0 Å². The van der Waals surface area contributed by atoms with Gasteiger partial charge in [0.05, 0.1) is 18.5 Å². The maximum Gasteiger partial charge on any atom is 0.343 e. The average molecular weight is 419 g/mol. The van der Waals surface area contributed by atoms with Crippen molar-refractivity contribution in [1.29, 1.82) is 0 Å². The Bertz CT molecular complexity index is 1120. The number of amides is 1. The fraction of sp³-hybridized carbons (Fsp3) is 0.174. The van der Waals surface area contributed by atoms with Gasteiger partial charge in [0.2, 0.25) is 5.91 Å². The number of rotatable bonds is 6. The van der Waals surface area contributed by atoms with Crippen molar-refractivity contribution in [3.8, 4) is 17.2 Å². The lowest BCUT2D eigenvalue weighted by molar-refractivity contribution is -0.111. The van der Waals surface area contributed by atoms with E-state index in [2.05, 4.69) is 10.4 Å². The topological polar surface area (TPSA) is 91.7 Å². The zero-order valence-corrected chi connectivity index (χ0v) is 16.9. The number of aromatic nitrogens is 2. The highest BCUT2D eigenvalue weighted by Gasteiger charge is 2.21. The maximum absolute atomic E-state index is 12.6. The number of para-hydroxylation sites is 1. The molecule has 2 heterocycles. The van der Waals surface area contributed by atoms with Crippen molar-refractivity contribution in [3.05, 3.63) is 71.9 Å². The molecule has 0 saturated carbocycles. The number of hydrogen-bond acceptors (Lipinski definition) is 6. The van der Waals surface area contributed by atoms with Gasteiger partial charge in [-0.2, -0.15) is 5.10 Å². The van der Waals surface area contributed by atoms with Crippen LogP contribution in [-0.4, -0.2) is 41.5 Å². The first-order valence-electron chi connectivity index (χ1n) is 9.85. The third-order valence-electron chi connectivity index (χ3n) is 4.50. The quantitative estimate of drug-likeness (QED) is 0.486. The van der Waals surface area contributed by atoms with Crippen LogP contribution in [0.25, 0.3) is 11.8 Å². The molecule has 158 valence electrons. The van der Waals surface area contributed by atoms with Crippen LogP contribution in [0.15, 0.2) is 60.8 Å². The Hall–Kier alpha value is -4.07. The minimum atomic E-state index is -0.559. The second-order valence-electron chi connectivity index (χ2n) is 6.60. The number of ether oxygens (including phenoxy) is 3. The van der Waals surface area contributed by atoms with Crippen LogP contribution in [0, 0.1) is 0 Å². The van der Waals surface area contributed by atoms with E-state index in [9.17, 15) is 9.59 Å². The first-order valence-corrected chi connectivity index (χ1v) is 9.85. The van der Waals surface area contributed by atoms with Gasteiger partial charge >= 0.3 is 5.97 Å². The van der Waals surface area contributed by atoms with Crippen molar-refractivity contribution in [2.75, 3.05) is 25.1 Å². The number of nitrogens with one attached hydrogen (secondary N) is 1. The van der Waals surface area contributed by atoms with Gasteiger partial charge in [0.15, 0.2) is 17.3 Å². The molecule has 1 amide bonds. The summed E-state index contributed by atoms with van der Waals surface area (Å²) in [6, 6.07) is 14.6. The van der Waals surface area contributed by atoms with Gasteiger partial charge in [-0.1, -0.05) is 24.3 Å². The Morgan fingerprint density at radius 3 is 2.68 bits per heavy atom. The molecule has 0 aliphatic carbocycles. The molecule has 8 heteroatoms. The molecule has 8 nitrogen and oxygen atoms in total. The summed E-state index contributed by atoms with van der Waals surface area (Å²) in [6.07, 6.45) is 4.41. The first-order chi connectivity index (χ1) is 15.2. The van der Waals surface area contributed by atoms with Crippen molar-refractivity contribution >= 4 is 23.8 Å². The van der Waals surface area contributed by atoms with Crippen LogP contribution in [0.3, 0.4) is 0 Å². The standard InChI is InChI=1S/C23H21N3O5/c1-2-29-23(28)18-15-24-26(17-6-4-3-5-7-17)22(18)25-21(27)11-9-16-8-10-19-20(14-16)31-13-12-30-19/h3-11,14-15H,2,12-13H2,1H3,(H,25,27)/b11-9-. The zero-order valence-electron chi connectivity index (χ0n) is 16.9. The van der Waals surface area contributed by atoms with Crippen LogP contribution in [0.4, 0.5) is 5.82 Å². The van der Waals surface area contributed by atoms with E-state index in [1.807, 2.05) is 36.4 Å². The molecular formula is C23H21N3O5. The molecule has 0 unspecified atom stereocenters. The van der Waals surface area contributed by atoms with E-state index in [1.165, 1.54) is 17.0 Å². The Morgan fingerprint density at radius 2 is 1.90 bits per heavy atom. The van der Waals surface area contributed by atoms with Crippen LogP contribution < -0.4 is 14.8 Å². The molecule has 3 aromatic rings. The summed E-state index contributed by atoms with van der Waals surface area (Å²) in [5.41, 5.74) is 1.65. The number of anilines is 1. The second kappa shape index (κ2) is 9.17. The van der Waals surface area contributed by atoms with Crippen LogP contribution in [0.2, 0.25) is 0 Å². The number of benzene rings is 2. The van der Waals surface area contributed by atoms with Crippen LogP contribution >= 0.6 is 0 Å². The first kappa shape index (κ1) is 20.2. The van der Waals surface area contributed by atoms with Gasteiger partial charge in [0, 0.05) is 6.08 Å². The summed E-state index contributed by atoms with van der Waals surface area (Å²) >= 11 is 0. The van der Waals surface area contributed by atoms with Gasteiger partial charge in [0.25, 0.3) is 0 Å². The third kappa shape index (κ3) is 4.58. The predicted molar refractivity (Wildman–Crippen MR) is 115 cm³/mol. The van der Waals surface area contributed by atoms with E-state index in [4.69, 9.17) is 14.2 Å². The summed E-state index contributed by atoms with van der Waals surface area (Å²) in [4.78, 5) is 25.0. The lowest BCUT2D eigenvalue weighted by Crippen LogP contribution is -2.16. The number of nitrogens with zero attached hydrogens (tertiary/aromatic N) is 2. The SMILES string of the molecule is CCOC(=O)c1cnn(-c2ccccc2)c1NC(=O)/C=C\c1ccc2c(c1)OCCO2. The lowest BCUT2D eigenvalue weighted by atomic mass is 10.2. The molecule has 2 aromatic carbocycles. The molecule has 0 spiro atoms. The molecule has 1 aliphatic heterocycles. The Balaban J connectivity index is 1.57. The second-order valence-corrected chi connectivity index (χ2v) is 6.60. The van der Waals surface area contributed by atoms with Gasteiger partial charge in [-0.3, -0.25) is 4.79 Å². The maximum atomic E-state index is 12.6. The Labute approximate surface area is 179 Å². The number of hydrogen-bond donors (Lipinski definition) is 1. The molecule has 0 bridgehead atoms. The monoisotopic (exact) mass is 419 g/mol. The molecule has 1 aromatic heterocycles. The number of esters is 1. The van der Waals surface area contributed by atoms with Gasteiger partial charge in [-0.25, -0.2) is 9.48 Å². The normalized spacial score (nSPS) is 12.5. The van der Waals surface area contributed by atoms with Gasteiger partial charge in [0.1, 0.15) is 18.8 Å². The molecule has 1 aliphatic rings. The smallest absolute Gasteiger partial charge is 0.343 e. The fourth-order valence-corrected chi connectivity index (χ4v) is 3.09. The largest absolute Gasteiger partial charge is 0.486 e. The number of carbonyl (C=O) groups excluding carboxylic acids is 2. The third-order valence-corrected chi connectivity index (χ3v) is 4.50. The molecule has 0 radical (unpaired) electrons. The van der Waals surface area contributed by atoms with E-state index >= 15 is 0 Å². The van der Waals surface area contributed by atoms with Crippen molar-refractivity contribution in [3.63, 3.8) is 0 Å². The summed E-state index contributed by atoms with van der Waals surface area (Å²) in [7, 11) is 0. The highest BCUT2D eigenvalue weighted by Crippen LogP contribution is 2.31. The average Bonchev–Trinajstić information content (AvgIpc) is 3.22. The number of carbonyl (C=O) groups is 2. The summed E-state index contributed by atoms with van der Waals surface area (Å²) in [5.74, 6) is 0.578. The van der Waals surface area contributed by atoms with Crippen molar-refractivity contribution in [2.45, 2.75) is 6.92 Å². The lowest BCUT2D eigenvalue weighted by Gasteiger charge is -2.18. The van der Waals surface area contributed by atoms with Crippen LogP contribution in [-0.2, 0) is 9.53 Å². The summed E-state index contributed by atoms with van der Waals surface area (Å²) in [6.45, 7) is 2.93. The summed E-state index contributed by atoms with van der Waals surface area (Å²) < 4.78 is 17.6. The minimum Gasteiger partial charge on any atom is -0.486 e. The van der Waals surface area contributed by atoms with Crippen molar-refractivity contribution < 1.29 is 23.8 Å². The molecule has 31 heavy (non-hydrogen) atoms. The Morgan fingerprint density at radius 1 is 1.13 bits per heavy atom. The fourth-order valence-electron chi connectivity index (χ4n) is 3.09. The predicted octanol–water partition coefficient (Wildman–Crippen LogP) is 3.47. The Kier molecular flexibility index (Phi) is 5.98. The molecule has 0 fully saturated rings. The summed E-state index contributed by atoms with van der Waals surface area (Å²) in [5, 5.41) is 7.00. The van der Waals surface area contributed by atoms with Crippen LogP contribution in [0.1, 0.15) is 22.8 Å². The highest BCUT2D eigenvalue weighted by molar-refractivity contribution is 6.05. The zero-order chi connectivity index (χ0) is 21.6. The van der Waals surface area contributed by atoms with E-state index < -0.39 is 11.9 Å². The number of fused-ring (bicyclic) bond motifs is 1. The highest BCUT2D eigenvalue weighted by atomic mass is 16.6. The van der Waals surface area contributed by atoms with E-state index in [0.717, 1.165) is 5.56 Å². The molecule has 0 saturated heterocycles. The van der Waals surface area contributed by atoms with E-state index in [1.54, 1.807) is 25.1 Å². The molecule has 0 atom stereocenters.